The van der Waals surface area contributed by atoms with E-state index in [-0.39, 0.29) is 5.25 Å². The summed E-state index contributed by atoms with van der Waals surface area (Å²) in [6.45, 7) is 1.49. The van der Waals surface area contributed by atoms with Crippen LogP contribution in [0, 0.1) is 0 Å². The van der Waals surface area contributed by atoms with Crippen LogP contribution in [-0.2, 0) is 9.84 Å². The molecule has 6 heteroatoms. The van der Waals surface area contributed by atoms with E-state index >= 15 is 0 Å². The van der Waals surface area contributed by atoms with Crippen LogP contribution < -0.4 is 4.90 Å². The zero-order valence-electron chi connectivity index (χ0n) is 11.1. The fourth-order valence-electron chi connectivity index (χ4n) is 2.64. The second-order valence-electron chi connectivity index (χ2n) is 5.00. The minimum atomic E-state index is -3.20. The van der Waals surface area contributed by atoms with E-state index in [1.54, 1.807) is 30.5 Å². The molecule has 0 saturated carbocycles. The van der Waals surface area contributed by atoms with Gasteiger partial charge in [-0.2, -0.15) is 5.10 Å². The molecule has 1 aromatic carbocycles. The summed E-state index contributed by atoms with van der Waals surface area (Å²) in [6.07, 6.45) is 4.92. The van der Waals surface area contributed by atoms with Crippen LogP contribution in [0.25, 0.3) is 0 Å². The van der Waals surface area contributed by atoms with Crippen molar-refractivity contribution in [3.05, 3.63) is 42.7 Å². The average molecular weight is 291 g/mol. The second-order valence-corrected chi connectivity index (χ2v) is 7.23. The van der Waals surface area contributed by atoms with Gasteiger partial charge in [-0.25, -0.2) is 8.42 Å². The third-order valence-corrected chi connectivity index (χ3v) is 6.08. The van der Waals surface area contributed by atoms with E-state index in [1.807, 2.05) is 12.3 Å². The Labute approximate surface area is 118 Å². The lowest BCUT2D eigenvalue weighted by Gasteiger charge is -2.32. The number of hydrogen-bond donors (Lipinski definition) is 1. The number of rotatable bonds is 3. The molecule has 5 nitrogen and oxygen atoms in total. The SMILES string of the molecule is O=S(=O)(c1ccccc1)C1CCN(c2cn[nH]c2)CC1. The lowest BCUT2D eigenvalue weighted by atomic mass is 10.1. The van der Waals surface area contributed by atoms with Gasteiger partial charge in [-0.05, 0) is 25.0 Å². The number of sulfone groups is 1. The van der Waals surface area contributed by atoms with Crippen LogP contribution >= 0.6 is 0 Å². The van der Waals surface area contributed by atoms with Gasteiger partial charge in [0, 0.05) is 19.3 Å². The Morgan fingerprint density at radius 2 is 1.85 bits per heavy atom. The van der Waals surface area contributed by atoms with Gasteiger partial charge in [0.1, 0.15) is 0 Å². The van der Waals surface area contributed by atoms with Crippen LogP contribution in [-0.4, -0.2) is 37.0 Å². The highest BCUT2D eigenvalue weighted by Crippen LogP contribution is 2.26. The molecule has 0 spiro atoms. The Morgan fingerprint density at radius 3 is 2.45 bits per heavy atom. The zero-order chi connectivity index (χ0) is 14.0. The van der Waals surface area contributed by atoms with Crippen LogP contribution in [0.2, 0.25) is 0 Å². The highest BCUT2D eigenvalue weighted by atomic mass is 32.2. The van der Waals surface area contributed by atoms with E-state index in [1.165, 1.54) is 0 Å². The van der Waals surface area contributed by atoms with Crippen molar-refractivity contribution in [3.8, 4) is 0 Å². The van der Waals surface area contributed by atoms with Gasteiger partial charge in [-0.3, -0.25) is 5.10 Å². The van der Waals surface area contributed by atoms with Gasteiger partial charge >= 0.3 is 0 Å². The lowest BCUT2D eigenvalue weighted by molar-refractivity contribution is 0.530. The van der Waals surface area contributed by atoms with Crippen molar-refractivity contribution >= 4 is 15.5 Å². The molecule has 1 saturated heterocycles. The molecule has 1 fully saturated rings. The average Bonchev–Trinajstić information content (AvgIpc) is 3.02. The third kappa shape index (κ3) is 2.43. The predicted octanol–water partition coefficient (Wildman–Crippen LogP) is 1.85. The van der Waals surface area contributed by atoms with Crippen LogP contribution in [0.4, 0.5) is 5.69 Å². The Bertz CT molecular complexity index is 645. The first-order valence-corrected chi connectivity index (χ1v) is 8.25. The fraction of sp³-hybridized carbons (Fsp3) is 0.357. The van der Waals surface area contributed by atoms with Crippen LogP contribution in [0.1, 0.15) is 12.8 Å². The molecule has 106 valence electrons. The molecule has 0 amide bonds. The third-order valence-electron chi connectivity index (χ3n) is 3.80. The van der Waals surface area contributed by atoms with Gasteiger partial charge in [0.05, 0.1) is 22.0 Å². The number of H-pyrrole nitrogens is 1. The topological polar surface area (TPSA) is 66.1 Å². The molecule has 1 aliphatic rings. The predicted molar refractivity (Wildman–Crippen MR) is 77.5 cm³/mol. The first-order valence-electron chi connectivity index (χ1n) is 6.70. The van der Waals surface area contributed by atoms with E-state index in [4.69, 9.17) is 0 Å². The number of aromatic amines is 1. The molecule has 2 heterocycles. The molecule has 0 atom stereocenters. The van der Waals surface area contributed by atoms with E-state index < -0.39 is 9.84 Å². The van der Waals surface area contributed by atoms with Gasteiger partial charge in [-0.15, -0.1) is 0 Å². The normalized spacial score (nSPS) is 17.3. The maximum Gasteiger partial charge on any atom is 0.181 e. The van der Waals surface area contributed by atoms with Gasteiger partial charge in [0.15, 0.2) is 9.84 Å². The van der Waals surface area contributed by atoms with Crippen molar-refractivity contribution in [2.24, 2.45) is 0 Å². The number of hydrogen-bond acceptors (Lipinski definition) is 4. The first kappa shape index (κ1) is 13.2. The zero-order valence-corrected chi connectivity index (χ0v) is 11.9. The molecule has 0 unspecified atom stereocenters. The lowest BCUT2D eigenvalue weighted by Crippen LogP contribution is -2.39. The summed E-state index contributed by atoms with van der Waals surface area (Å²) in [4.78, 5) is 2.60. The van der Waals surface area contributed by atoms with Crippen LogP contribution in [0.15, 0.2) is 47.6 Å². The molecular weight excluding hydrogens is 274 g/mol. The molecule has 20 heavy (non-hydrogen) atoms. The maximum absolute atomic E-state index is 12.5. The number of nitrogens with one attached hydrogen (secondary N) is 1. The highest BCUT2D eigenvalue weighted by molar-refractivity contribution is 7.92. The van der Waals surface area contributed by atoms with Gasteiger partial charge in [0.25, 0.3) is 0 Å². The number of benzene rings is 1. The summed E-state index contributed by atoms with van der Waals surface area (Å²) in [5, 5.41) is 6.43. The summed E-state index contributed by atoms with van der Waals surface area (Å²) < 4.78 is 25.1. The monoisotopic (exact) mass is 291 g/mol. The minimum Gasteiger partial charge on any atom is -0.369 e. The summed E-state index contributed by atoms with van der Waals surface area (Å²) in [7, 11) is -3.20. The van der Waals surface area contributed by atoms with Gasteiger partial charge < -0.3 is 4.90 Å². The van der Waals surface area contributed by atoms with E-state index in [0.29, 0.717) is 17.7 Å². The largest absolute Gasteiger partial charge is 0.369 e. The van der Waals surface area contributed by atoms with Crippen molar-refractivity contribution < 1.29 is 8.42 Å². The number of nitrogens with zero attached hydrogens (tertiary/aromatic N) is 2. The first-order chi connectivity index (χ1) is 9.68. The van der Waals surface area contributed by atoms with Gasteiger partial charge in [-0.1, -0.05) is 18.2 Å². The van der Waals surface area contributed by atoms with Crippen LogP contribution in [0.3, 0.4) is 0 Å². The highest BCUT2D eigenvalue weighted by Gasteiger charge is 2.31. The van der Waals surface area contributed by atoms with Gasteiger partial charge in [0.2, 0.25) is 0 Å². The van der Waals surface area contributed by atoms with Crippen molar-refractivity contribution in [1.82, 2.24) is 10.2 Å². The molecule has 3 rings (SSSR count). The van der Waals surface area contributed by atoms with Crippen molar-refractivity contribution in [2.45, 2.75) is 23.0 Å². The Kier molecular flexibility index (Phi) is 3.48. The Morgan fingerprint density at radius 1 is 1.15 bits per heavy atom. The van der Waals surface area contributed by atoms with E-state index in [0.717, 1.165) is 18.8 Å². The van der Waals surface area contributed by atoms with Crippen molar-refractivity contribution in [1.29, 1.82) is 0 Å². The van der Waals surface area contributed by atoms with E-state index in [9.17, 15) is 8.42 Å². The quantitative estimate of drug-likeness (QED) is 0.937. The molecule has 1 aromatic heterocycles. The molecule has 0 aliphatic carbocycles. The number of anilines is 1. The Balaban J connectivity index is 1.72. The van der Waals surface area contributed by atoms with Crippen LogP contribution in [0.5, 0.6) is 0 Å². The van der Waals surface area contributed by atoms with Crippen molar-refractivity contribution in [3.63, 3.8) is 0 Å². The molecule has 0 bridgehead atoms. The summed E-state index contributed by atoms with van der Waals surface area (Å²) in [6, 6.07) is 8.73. The fourth-order valence-corrected chi connectivity index (χ4v) is 4.40. The molecule has 1 aliphatic heterocycles. The minimum absolute atomic E-state index is 0.284. The summed E-state index contributed by atoms with van der Waals surface area (Å²) >= 11 is 0. The molecular formula is C14H17N3O2S. The molecule has 0 radical (unpaired) electrons. The summed E-state index contributed by atoms with van der Waals surface area (Å²) in [5.41, 5.74) is 1.03. The summed E-state index contributed by atoms with van der Waals surface area (Å²) in [5.74, 6) is 0. The second kappa shape index (κ2) is 5.28. The molecule has 2 aromatic rings. The smallest absolute Gasteiger partial charge is 0.181 e. The van der Waals surface area contributed by atoms with Crippen molar-refractivity contribution in [2.75, 3.05) is 18.0 Å². The standard InChI is InChI=1S/C14H17N3O2S/c18-20(19,13-4-2-1-3-5-13)14-6-8-17(9-7-14)12-10-15-16-11-12/h1-5,10-11,14H,6-9H2,(H,15,16). The number of aromatic nitrogens is 2. The molecule has 1 N–H and O–H groups in total. The number of piperidine rings is 1. The van der Waals surface area contributed by atoms with E-state index in [2.05, 4.69) is 15.1 Å². The Hall–Kier alpha value is -1.82. The maximum atomic E-state index is 12.5.